The van der Waals surface area contributed by atoms with Crippen molar-refractivity contribution in [1.29, 1.82) is 0 Å². The molecule has 0 amide bonds. The molecule has 4 aromatic heterocycles. The van der Waals surface area contributed by atoms with E-state index in [1.54, 1.807) is 0 Å². The van der Waals surface area contributed by atoms with Crippen molar-refractivity contribution in [2.75, 3.05) is 24.7 Å². The molecule has 2 fully saturated rings. The number of hydrogen-bond donors (Lipinski definition) is 6. The number of thiol groups is 1. The number of carbonyl (C=O) groups excluding carboxylic acids is 1. The van der Waals surface area contributed by atoms with Crippen LogP contribution >= 0.6 is 19.0 Å². The van der Waals surface area contributed by atoms with E-state index in [1.165, 1.54) is 10.9 Å². The number of nitrogens with two attached hydrogens (primary N) is 2. The summed E-state index contributed by atoms with van der Waals surface area (Å²) < 4.78 is 52.6. The summed E-state index contributed by atoms with van der Waals surface area (Å²) >= 11 is 3.92. The van der Waals surface area contributed by atoms with Crippen molar-refractivity contribution in [3.63, 3.8) is 0 Å². The minimum absolute atomic E-state index is 0.0580. The van der Waals surface area contributed by atoms with E-state index in [-0.39, 0.29) is 34.1 Å². The number of fused-ring (bicyclic) bond motifs is 2. The quantitative estimate of drug-likeness (QED) is 0.0969. The number of aliphatic hydroxyl groups is 2. The standard InChI is InChI=1S/C20H22FN10O9PS/c21-8-11(33)7(39-18(8)30-4-26-9-14(22)24-3-25-15(9)30)2-37-41(36,42)40-13-12(34)6(1-32)38-19(13)31-5-27-10-16(31)28-20(23)29-17(10)35/h3-8,11,13,18-19,32-33H,1-2H2,(H,36,42)(H2,22,24,25)(H3,23,28,29,35)/t6-,7-,8?,11?,13?,18-,19-,41?/m1/s1. The molecule has 4 unspecified atom stereocenters. The van der Waals surface area contributed by atoms with Gasteiger partial charge in [0.25, 0.3) is 5.56 Å². The number of rotatable bonds is 8. The van der Waals surface area contributed by atoms with Crippen LogP contribution in [0.1, 0.15) is 12.5 Å². The zero-order valence-corrected chi connectivity index (χ0v) is 22.8. The lowest BCUT2D eigenvalue weighted by molar-refractivity contribution is -0.127. The lowest BCUT2D eigenvalue weighted by Crippen LogP contribution is -2.32. The second-order valence-corrected chi connectivity index (χ2v) is 12.1. The minimum atomic E-state index is -4.46. The van der Waals surface area contributed by atoms with Crippen molar-refractivity contribution >= 4 is 58.9 Å². The number of nitrogens with one attached hydrogen (secondary N) is 1. The number of Topliss-reactive ketones (excluding diaryl/α,β-unsaturated/α-hetero) is 1. The number of aliphatic hydroxyl groups excluding tert-OH is 2. The number of ether oxygens (including phenoxy) is 2. The highest BCUT2D eigenvalue weighted by Crippen LogP contribution is 2.56. The molecule has 8 atom stereocenters. The second-order valence-electron chi connectivity index (χ2n) is 9.25. The van der Waals surface area contributed by atoms with Crippen LogP contribution in [0.15, 0.2) is 23.8 Å². The molecule has 4 aromatic rings. The SMILES string of the molecule is Nc1nc2c(ncn2[C@@H]2O[C@H](CO)C(=O)C2OP(=O)(S)OC[C@H]2O[C@@H](n3cnc4c(N)ncnc43)C(F)C2O)c(=O)[nH]1. The molecule has 0 radical (unpaired) electrons. The summed E-state index contributed by atoms with van der Waals surface area (Å²) in [7, 11) is 0. The largest absolute Gasteiger partial charge is 0.393 e. The van der Waals surface area contributed by atoms with Crippen LogP contribution in [0.4, 0.5) is 16.2 Å². The van der Waals surface area contributed by atoms with Gasteiger partial charge in [-0.3, -0.25) is 32.8 Å². The average molecular weight is 628 g/mol. The van der Waals surface area contributed by atoms with E-state index in [0.29, 0.717) is 0 Å². The normalized spacial score (nSPS) is 29.5. The molecule has 42 heavy (non-hydrogen) atoms. The molecule has 2 aliphatic rings. The summed E-state index contributed by atoms with van der Waals surface area (Å²) in [5.74, 6) is -1.02. The number of aromatic nitrogens is 8. The zero-order valence-electron chi connectivity index (χ0n) is 21.0. The fraction of sp³-hybridized carbons (Fsp3) is 0.450. The Morgan fingerprint density at radius 1 is 1.10 bits per heavy atom. The van der Waals surface area contributed by atoms with Crippen molar-refractivity contribution in [1.82, 2.24) is 39.0 Å². The van der Waals surface area contributed by atoms with Crippen LogP contribution in [-0.2, 0) is 27.9 Å². The first-order valence-corrected chi connectivity index (χ1v) is 14.8. The number of halogens is 1. The first kappa shape index (κ1) is 28.6. The van der Waals surface area contributed by atoms with Gasteiger partial charge in [-0.05, 0) is 0 Å². The van der Waals surface area contributed by atoms with Crippen LogP contribution in [0.25, 0.3) is 22.3 Å². The van der Waals surface area contributed by atoms with Crippen LogP contribution < -0.4 is 17.0 Å². The molecule has 7 N–H and O–H groups in total. The van der Waals surface area contributed by atoms with Crippen molar-refractivity contribution in [3.05, 3.63) is 29.3 Å². The van der Waals surface area contributed by atoms with Crippen molar-refractivity contribution < 1.29 is 42.5 Å². The van der Waals surface area contributed by atoms with Gasteiger partial charge in [0, 0.05) is 0 Å². The Morgan fingerprint density at radius 2 is 1.81 bits per heavy atom. The number of H-pyrrole nitrogens is 1. The van der Waals surface area contributed by atoms with E-state index in [1.807, 2.05) is 0 Å². The summed E-state index contributed by atoms with van der Waals surface area (Å²) in [5, 5.41) is 20.1. The Labute approximate surface area is 237 Å². The third-order valence-electron chi connectivity index (χ3n) is 6.65. The zero-order chi connectivity index (χ0) is 29.9. The smallest absolute Gasteiger partial charge is 0.387 e. The summed E-state index contributed by atoms with van der Waals surface area (Å²) in [6.07, 6.45) is -7.51. The molecular formula is C20H22FN10O9PS. The predicted molar refractivity (Wildman–Crippen MR) is 141 cm³/mol. The van der Waals surface area contributed by atoms with E-state index >= 15 is 4.39 Å². The maximum absolute atomic E-state index is 15.1. The Bertz CT molecular complexity index is 1790. The van der Waals surface area contributed by atoms with Crippen LogP contribution in [0.2, 0.25) is 0 Å². The first-order valence-electron chi connectivity index (χ1n) is 12.1. The van der Waals surface area contributed by atoms with Crippen LogP contribution in [0, 0.1) is 0 Å². The van der Waals surface area contributed by atoms with E-state index in [4.69, 9.17) is 30.0 Å². The van der Waals surface area contributed by atoms with Gasteiger partial charge in [0.05, 0.1) is 25.9 Å². The Morgan fingerprint density at radius 3 is 2.55 bits per heavy atom. The summed E-state index contributed by atoms with van der Waals surface area (Å²) in [4.78, 5) is 47.2. The highest BCUT2D eigenvalue weighted by Gasteiger charge is 2.50. The Balaban J connectivity index is 1.19. The number of carbonyl (C=O) groups is 1. The summed E-state index contributed by atoms with van der Waals surface area (Å²) in [5.41, 5.74) is 10.9. The van der Waals surface area contributed by atoms with Crippen molar-refractivity contribution in [3.8, 4) is 0 Å². The van der Waals surface area contributed by atoms with Gasteiger partial charge in [0.2, 0.25) is 5.95 Å². The maximum Gasteiger partial charge on any atom is 0.387 e. The second kappa shape index (κ2) is 10.6. The molecule has 2 saturated heterocycles. The molecule has 6 heterocycles. The number of alkyl halides is 1. The Hall–Kier alpha value is -3.56. The number of nitrogen functional groups attached to an aromatic ring is 2. The topological polar surface area (TPSA) is 271 Å². The maximum atomic E-state index is 15.1. The molecule has 0 aliphatic carbocycles. The number of hydrogen-bond acceptors (Lipinski definition) is 16. The molecule has 0 saturated carbocycles. The van der Waals surface area contributed by atoms with Crippen LogP contribution in [0.3, 0.4) is 0 Å². The number of nitrogens with zero attached hydrogens (tertiary/aromatic N) is 7. The van der Waals surface area contributed by atoms with Gasteiger partial charge >= 0.3 is 6.80 Å². The molecule has 19 nitrogen and oxygen atoms in total. The third-order valence-corrected chi connectivity index (χ3v) is 8.25. The van der Waals surface area contributed by atoms with Gasteiger partial charge in [-0.15, -0.1) is 0 Å². The molecule has 0 spiro atoms. The molecular weight excluding hydrogens is 606 g/mol. The summed E-state index contributed by atoms with van der Waals surface area (Å²) in [6, 6.07) is 0. The predicted octanol–water partition coefficient (Wildman–Crippen LogP) is -1.38. The molecule has 6 rings (SSSR count). The first-order chi connectivity index (χ1) is 20.0. The fourth-order valence-corrected chi connectivity index (χ4v) is 6.07. The molecule has 2 aliphatic heterocycles. The van der Waals surface area contributed by atoms with E-state index in [2.05, 4.69) is 42.2 Å². The van der Waals surface area contributed by atoms with E-state index in [0.717, 1.165) is 17.2 Å². The van der Waals surface area contributed by atoms with Crippen molar-refractivity contribution in [2.24, 2.45) is 0 Å². The van der Waals surface area contributed by atoms with Gasteiger partial charge in [-0.1, -0.05) is 12.2 Å². The Kier molecular flexibility index (Phi) is 7.22. The molecule has 0 aromatic carbocycles. The fourth-order valence-electron chi connectivity index (χ4n) is 4.67. The minimum Gasteiger partial charge on any atom is -0.393 e. The van der Waals surface area contributed by atoms with Gasteiger partial charge in [-0.25, -0.2) is 28.9 Å². The molecule has 0 bridgehead atoms. The van der Waals surface area contributed by atoms with E-state index in [9.17, 15) is 24.4 Å². The highest BCUT2D eigenvalue weighted by molar-refractivity contribution is 8.44. The number of ketones is 1. The average Bonchev–Trinajstić information content (AvgIpc) is 3.69. The number of anilines is 2. The van der Waals surface area contributed by atoms with Gasteiger partial charge < -0.3 is 31.2 Å². The van der Waals surface area contributed by atoms with Crippen LogP contribution in [0.5, 0.6) is 0 Å². The lowest BCUT2D eigenvalue weighted by atomic mass is 10.1. The van der Waals surface area contributed by atoms with E-state index < -0.39 is 74.4 Å². The third kappa shape index (κ3) is 4.82. The summed E-state index contributed by atoms with van der Waals surface area (Å²) in [6.45, 7) is -5.90. The van der Waals surface area contributed by atoms with Gasteiger partial charge in [0.1, 0.15) is 30.2 Å². The molecule has 22 heteroatoms. The van der Waals surface area contributed by atoms with Crippen LogP contribution in [-0.4, -0.2) is 98.8 Å². The van der Waals surface area contributed by atoms with Gasteiger partial charge in [-0.2, -0.15) is 4.98 Å². The number of imidazole rings is 2. The monoisotopic (exact) mass is 628 g/mol. The highest BCUT2D eigenvalue weighted by atomic mass is 32.7. The lowest BCUT2D eigenvalue weighted by Gasteiger charge is -2.23. The van der Waals surface area contributed by atoms with Gasteiger partial charge in [0.15, 0.2) is 53.1 Å². The number of aromatic amines is 1. The van der Waals surface area contributed by atoms with Crippen molar-refractivity contribution in [2.45, 2.75) is 43.0 Å². The molecule has 224 valence electrons.